The molecule has 0 saturated heterocycles. The third-order valence-electron chi connectivity index (χ3n) is 2.96. The van der Waals surface area contributed by atoms with E-state index in [0.29, 0.717) is 0 Å². The van der Waals surface area contributed by atoms with Crippen LogP contribution in [0.15, 0.2) is 24.3 Å². The van der Waals surface area contributed by atoms with Gasteiger partial charge in [0, 0.05) is 5.56 Å². The summed E-state index contributed by atoms with van der Waals surface area (Å²) in [7, 11) is 0. The SMILES string of the molecule is Cc1nc(C)c(C(NN)c2ccccc2OC(C)C)s1. The van der Waals surface area contributed by atoms with Gasteiger partial charge in [0.25, 0.3) is 0 Å². The Balaban J connectivity index is 2.44. The minimum absolute atomic E-state index is 0.101. The minimum atomic E-state index is -0.101. The van der Waals surface area contributed by atoms with E-state index in [2.05, 4.69) is 10.4 Å². The molecule has 1 aromatic carbocycles. The number of hydrazine groups is 1. The normalized spacial score (nSPS) is 12.7. The van der Waals surface area contributed by atoms with Crippen molar-refractivity contribution in [1.82, 2.24) is 10.4 Å². The van der Waals surface area contributed by atoms with Crippen LogP contribution in [0.3, 0.4) is 0 Å². The Kier molecular flexibility index (Phi) is 4.75. The molecule has 0 aliphatic heterocycles. The second kappa shape index (κ2) is 6.35. The van der Waals surface area contributed by atoms with E-state index in [1.54, 1.807) is 11.3 Å². The number of aryl methyl sites for hydroxylation is 2. The number of nitrogens with two attached hydrogens (primary N) is 1. The fourth-order valence-electron chi connectivity index (χ4n) is 2.20. The molecule has 1 aromatic heterocycles. The van der Waals surface area contributed by atoms with Gasteiger partial charge in [-0.05, 0) is 33.8 Å². The molecule has 0 aliphatic rings. The topological polar surface area (TPSA) is 60.2 Å². The van der Waals surface area contributed by atoms with Crippen LogP contribution in [0.5, 0.6) is 5.75 Å². The van der Waals surface area contributed by atoms with E-state index in [9.17, 15) is 0 Å². The maximum atomic E-state index is 5.88. The summed E-state index contributed by atoms with van der Waals surface area (Å²) in [5.41, 5.74) is 4.94. The predicted octanol–water partition coefficient (Wildman–Crippen LogP) is 3.10. The smallest absolute Gasteiger partial charge is 0.124 e. The fraction of sp³-hybridized carbons (Fsp3) is 0.400. The molecule has 4 nitrogen and oxygen atoms in total. The number of rotatable bonds is 5. The first-order valence-corrected chi connectivity index (χ1v) is 7.50. The van der Waals surface area contributed by atoms with Crippen LogP contribution in [0.4, 0.5) is 0 Å². The molecule has 1 atom stereocenters. The molecule has 20 heavy (non-hydrogen) atoms. The highest BCUT2D eigenvalue weighted by atomic mass is 32.1. The zero-order valence-corrected chi connectivity index (χ0v) is 13.1. The Labute approximate surface area is 124 Å². The van der Waals surface area contributed by atoms with Gasteiger partial charge in [0.2, 0.25) is 0 Å². The Hall–Kier alpha value is -1.43. The van der Waals surface area contributed by atoms with Gasteiger partial charge in [-0.25, -0.2) is 10.4 Å². The van der Waals surface area contributed by atoms with Gasteiger partial charge in [-0.3, -0.25) is 5.84 Å². The van der Waals surface area contributed by atoms with Crippen molar-refractivity contribution in [2.24, 2.45) is 5.84 Å². The van der Waals surface area contributed by atoms with Crippen molar-refractivity contribution in [3.05, 3.63) is 45.4 Å². The molecule has 2 rings (SSSR count). The Morgan fingerprint density at radius 1 is 1.25 bits per heavy atom. The van der Waals surface area contributed by atoms with Crippen LogP contribution < -0.4 is 16.0 Å². The van der Waals surface area contributed by atoms with Gasteiger partial charge < -0.3 is 4.74 Å². The van der Waals surface area contributed by atoms with Gasteiger partial charge in [-0.15, -0.1) is 11.3 Å². The van der Waals surface area contributed by atoms with Crippen LogP contribution in [-0.4, -0.2) is 11.1 Å². The number of nitrogens with one attached hydrogen (secondary N) is 1. The zero-order valence-electron chi connectivity index (χ0n) is 12.3. The van der Waals surface area contributed by atoms with Crippen molar-refractivity contribution in [3.63, 3.8) is 0 Å². The molecule has 2 aromatic rings. The summed E-state index contributed by atoms with van der Waals surface area (Å²) in [6.45, 7) is 8.05. The summed E-state index contributed by atoms with van der Waals surface area (Å²) in [6.07, 6.45) is 0.124. The number of thiazole rings is 1. The second-order valence-electron chi connectivity index (χ2n) is 4.99. The van der Waals surface area contributed by atoms with Gasteiger partial charge >= 0.3 is 0 Å². The van der Waals surface area contributed by atoms with E-state index in [1.807, 2.05) is 52.0 Å². The average Bonchev–Trinajstić information content (AvgIpc) is 2.71. The number of benzene rings is 1. The van der Waals surface area contributed by atoms with E-state index in [1.165, 1.54) is 0 Å². The standard InChI is InChI=1S/C15H21N3OS/c1-9(2)19-13-8-6-5-7-12(13)14(18-16)15-10(3)17-11(4)20-15/h5-9,14,18H,16H2,1-4H3. The number of ether oxygens (including phenoxy) is 1. The number of nitrogens with zero attached hydrogens (tertiary/aromatic N) is 1. The highest BCUT2D eigenvalue weighted by molar-refractivity contribution is 7.11. The fourth-order valence-corrected chi connectivity index (χ4v) is 3.21. The summed E-state index contributed by atoms with van der Waals surface area (Å²) in [5, 5.41) is 1.04. The number of hydrogen-bond acceptors (Lipinski definition) is 5. The van der Waals surface area contributed by atoms with Crippen LogP contribution in [0, 0.1) is 13.8 Å². The third kappa shape index (κ3) is 3.17. The Bertz CT molecular complexity index is 580. The van der Waals surface area contributed by atoms with Crippen LogP contribution in [0.1, 0.15) is 41.0 Å². The summed E-state index contributed by atoms with van der Waals surface area (Å²) in [4.78, 5) is 5.61. The second-order valence-corrected chi connectivity index (χ2v) is 6.22. The summed E-state index contributed by atoms with van der Waals surface area (Å²) >= 11 is 1.66. The maximum Gasteiger partial charge on any atom is 0.124 e. The first kappa shape index (κ1) is 15.0. The molecule has 108 valence electrons. The lowest BCUT2D eigenvalue weighted by Gasteiger charge is -2.20. The van der Waals surface area contributed by atoms with Gasteiger partial charge in [0.05, 0.1) is 27.7 Å². The van der Waals surface area contributed by atoms with E-state index in [4.69, 9.17) is 10.6 Å². The molecule has 0 radical (unpaired) electrons. The molecule has 1 heterocycles. The third-order valence-corrected chi connectivity index (χ3v) is 4.10. The van der Waals surface area contributed by atoms with E-state index >= 15 is 0 Å². The lowest BCUT2D eigenvalue weighted by atomic mass is 10.0. The largest absolute Gasteiger partial charge is 0.491 e. The molecule has 0 aliphatic carbocycles. The zero-order chi connectivity index (χ0) is 14.7. The molecular weight excluding hydrogens is 270 g/mol. The van der Waals surface area contributed by atoms with Crippen molar-refractivity contribution in [2.75, 3.05) is 0 Å². The van der Waals surface area contributed by atoms with E-state index in [-0.39, 0.29) is 12.1 Å². The monoisotopic (exact) mass is 291 g/mol. The highest BCUT2D eigenvalue weighted by Crippen LogP contribution is 2.34. The van der Waals surface area contributed by atoms with Crippen LogP contribution >= 0.6 is 11.3 Å². The van der Waals surface area contributed by atoms with Gasteiger partial charge in [0.15, 0.2) is 0 Å². The van der Waals surface area contributed by atoms with Crippen molar-refractivity contribution in [2.45, 2.75) is 39.8 Å². The minimum Gasteiger partial charge on any atom is -0.491 e. The van der Waals surface area contributed by atoms with Gasteiger partial charge in [0.1, 0.15) is 5.75 Å². The lowest BCUT2D eigenvalue weighted by molar-refractivity contribution is 0.238. The number of hydrogen-bond donors (Lipinski definition) is 2. The van der Waals surface area contributed by atoms with Gasteiger partial charge in [-0.1, -0.05) is 18.2 Å². The lowest BCUT2D eigenvalue weighted by Crippen LogP contribution is -2.29. The molecule has 1 unspecified atom stereocenters. The van der Waals surface area contributed by atoms with Gasteiger partial charge in [-0.2, -0.15) is 0 Å². The van der Waals surface area contributed by atoms with Crippen LogP contribution in [-0.2, 0) is 0 Å². The van der Waals surface area contributed by atoms with Crippen LogP contribution in [0.2, 0.25) is 0 Å². The molecular formula is C15H21N3OS. The molecule has 0 bridgehead atoms. The quantitative estimate of drug-likeness (QED) is 0.656. The highest BCUT2D eigenvalue weighted by Gasteiger charge is 2.21. The Morgan fingerprint density at radius 2 is 1.95 bits per heavy atom. The number of para-hydroxylation sites is 1. The molecule has 0 amide bonds. The van der Waals surface area contributed by atoms with Crippen LogP contribution in [0.25, 0.3) is 0 Å². The molecule has 0 spiro atoms. The average molecular weight is 291 g/mol. The van der Waals surface area contributed by atoms with E-state index < -0.39 is 0 Å². The predicted molar refractivity (Wildman–Crippen MR) is 83.0 cm³/mol. The summed E-state index contributed by atoms with van der Waals surface area (Å²) < 4.78 is 5.88. The van der Waals surface area contributed by atoms with Crippen molar-refractivity contribution in [1.29, 1.82) is 0 Å². The summed E-state index contributed by atoms with van der Waals surface area (Å²) in [6, 6.07) is 7.88. The van der Waals surface area contributed by atoms with Crippen molar-refractivity contribution >= 4 is 11.3 Å². The first-order valence-electron chi connectivity index (χ1n) is 6.68. The Morgan fingerprint density at radius 3 is 2.50 bits per heavy atom. The molecule has 5 heteroatoms. The number of aromatic nitrogens is 1. The van der Waals surface area contributed by atoms with Crippen molar-refractivity contribution in [3.8, 4) is 5.75 Å². The maximum absolute atomic E-state index is 5.88. The summed E-state index contributed by atoms with van der Waals surface area (Å²) in [5.74, 6) is 6.65. The molecule has 0 saturated carbocycles. The molecule has 0 fully saturated rings. The molecule has 3 N–H and O–H groups in total. The van der Waals surface area contributed by atoms with E-state index in [0.717, 1.165) is 26.9 Å². The first-order chi connectivity index (χ1) is 9.52. The van der Waals surface area contributed by atoms with Crippen molar-refractivity contribution < 1.29 is 4.74 Å².